The van der Waals surface area contributed by atoms with Crippen molar-refractivity contribution in [1.29, 1.82) is 0 Å². The lowest BCUT2D eigenvalue weighted by Gasteiger charge is -2.29. The molecule has 0 saturated carbocycles. The van der Waals surface area contributed by atoms with Crippen LogP contribution in [-0.2, 0) is 13.0 Å². The molecular weight excluding hydrogens is 194 g/mol. The first-order valence-electron chi connectivity index (χ1n) is 6.46. The van der Waals surface area contributed by atoms with Crippen LogP contribution >= 0.6 is 0 Å². The van der Waals surface area contributed by atoms with Crippen molar-refractivity contribution in [1.82, 2.24) is 4.90 Å². The Bertz CT molecular complexity index is 379. The SMILES string of the molecule is CCN1CCc2c(C)cc(C(C)C)cc2C1. The van der Waals surface area contributed by atoms with Gasteiger partial charge in [-0.2, -0.15) is 0 Å². The zero-order chi connectivity index (χ0) is 11.7. The average molecular weight is 217 g/mol. The molecule has 16 heavy (non-hydrogen) atoms. The molecule has 0 aromatic heterocycles. The fourth-order valence-electron chi connectivity index (χ4n) is 2.61. The van der Waals surface area contributed by atoms with E-state index in [4.69, 9.17) is 0 Å². The summed E-state index contributed by atoms with van der Waals surface area (Å²) in [5.74, 6) is 0.640. The van der Waals surface area contributed by atoms with Gasteiger partial charge in [-0.25, -0.2) is 0 Å². The summed E-state index contributed by atoms with van der Waals surface area (Å²) >= 11 is 0. The van der Waals surface area contributed by atoms with Crippen molar-refractivity contribution >= 4 is 0 Å². The van der Waals surface area contributed by atoms with Gasteiger partial charge >= 0.3 is 0 Å². The zero-order valence-corrected chi connectivity index (χ0v) is 11.0. The second kappa shape index (κ2) is 4.58. The fourth-order valence-corrected chi connectivity index (χ4v) is 2.61. The Kier molecular flexibility index (Phi) is 3.34. The monoisotopic (exact) mass is 217 g/mol. The predicted molar refractivity (Wildman–Crippen MR) is 69.9 cm³/mol. The molecule has 88 valence electrons. The molecule has 1 heterocycles. The highest BCUT2D eigenvalue weighted by Gasteiger charge is 2.17. The van der Waals surface area contributed by atoms with Crippen LogP contribution in [0.2, 0.25) is 0 Å². The van der Waals surface area contributed by atoms with Crippen LogP contribution in [0.5, 0.6) is 0 Å². The van der Waals surface area contributed by atoms with Gasteiger partial charge in [-0.15, -0.1) is 0 Å². The number of rotatable bonds is 2. The third kappa shape index (κ3) is 2.15. The fraction of sp³-hybridized carbons (Fsp3) is 0.600. The molecule has 0 fully saturated rings. The van der Waals surface area contributed by atoms with E-state index in [1.165, 1.54) is 30.6 Å². The molecule has 0 N–H and O–H groups in total. The van der Waals surface area contributed by atoms with Gasteiger partial charge in [0.2, 0.25) is 0 Å². The van der Waals surface area contributed by atoms with Crippen molar-refractivity contribution in [2.75, 3.05) is 13.1 Å². The highest BCUT2D eigenvalue weighted by molar-refractivity contribution is 5.41. The number of benzene rings is 1. The van der Waals surface area contributed by atoms with E-state index in [1.807, 2.05) is 0 Å². The van der Waals surface area contributed by atoms with E-state index >= 15 is 0 Å². The molecule has 0 unspecified atom stereocenters. The van der Waals surface area contributed by atoms with Gasteiger partial charge in [-0.05, 0) is 48.1 Å². The zero-order valence-electron chi connectivity index (χ0n) is 11.0. The molecule has 1 aliphatic rings. The smallest absolute Gasteiger partial charge is 0.0236 e. The number of nitrogens with zero attached hydrogens (tertiary/aromatic N) is 1. The van der Waals surface area contributed by atoms with Crippen LogP contribution in [0.1, 0.15) is 48.9 Å². The summed E-state index contributed by atoms with van der Waals surface area (Å²) in [7, 11) is 0. The molecule has 0 atom stereocenters. The molecule has 0 spiro atoms. The van der Waals surface area contributed by atoms with E-state index in [1.54, 1.807) is 11.1 Å². The van der Waals surface area contributed by atoms with Gasteiger partial charge in [0, 0.05) is 13.1 Å². The quantitative estimate of drug-likeness (QED) is 0.733. The molecule has 1 aromatic carbocycles. The largest absolute Gasteiger partial charge is 0.299 e. The van der Waals surface area contributed by atoms with Gasteiger partial charge in [0.05, 0.1) is 0 Å². The number of aryl methyl sites for hydroxylation is 1. The van der Waals surface area contributed by atoms with Gasteiger partial charge in [-0.3, -0.25) is 4.90 Å². The molecule has 1 nitrogen and oxygen atoms in total. The average Bonchev–Trinajstić information content (AvgIpc) is 2.28. The first-order chi connectivity index (χ1) is 7.61. The van der Waals surface area contributed by atoms with E-state index in [0.29, 0.717) is 5.92 Å². The van der Waals surface area contributed by atoms with Crippen LogP contribution in [0, 0.1) is 6.92 Å². The molecule has 0 radical (unpaired) electrons. The van der Waals surface area contributed by atoms with Crippen molar-refractivity contribution in [3.8, 4) is 0 Å². The molecule has 0 saturated heterocycles. The minimum Gasteiger partial charge on any atom is -0.299 e. The molecule has 0 amide bonds. The predicted octanol–water partition coefficient (Wildman–Crippen LogP) is 3.50. The second-order valence-corrected chi connectivity index (χ2v) is 5.25. The van der Waals surface area contributed by atoms with Crippen LogP contribution < -0.4 is 0 Å². The normalized spacial score (nSPS) is 16.6. The van der Waals surface area contributed by atoms with E-state index in [2.05, 4.69) is 44.7 Å². The summed E-state index contributed by atoms with van der Waals surface area (Å²) in [5, 5.41) is 0. The van der Waals surface area contributed by atoms with Crippen LogP contribution in [0.25, 0.3) is 0 Å². The molecule has 1 heteroatoms. The van der Waals surface area contributed by atoms with Crippen molar-refractivity contribution < 1.29 is 0 Å². The summed E-state index contributed by atoms with van der Waals surface area (Å²) in [5.41, 5.74) is 6.16. The maximum Gasteiger partial charge on any atom is 0.0236 e. The second-order valence-electron chi connectivity index (χ2n) is 5.25. The highest BCUT2D eigenvalue weighted by atomic mass is 15.1. The molecule has 1 aliphatic heterocycles. The lowest BCUT2D eigenvalue weighted by atomic mass is 9.90. The summed E-state index contributed by atoms with van der Waals surface area (Å²) in [6, 6.07) is 4.81. The van der Waals surface area contributed by atoms with E-state index < -0.39 is 0 Å². The van der Waals surface area contributed by atoms with E-state index in [9.17, 15) is 0 Å². The van der Waals surface area contributed by atoms with E-state index in [0.717, 1.165) is 6.54 Å². The standard InChI is InChI=1S/C15H23N/c1-5-16-7-6-15-12(4)8-13(11(2)3)9-14(15)10-16/h8-9,11H,5-7,10H2,1-4H3. The Balaban J connectivity index is 2.37. The van der Waals surface area contributed by atoms with Crippen molar-refractivity contribution in [3.63, 3.8) is 0 Å². The van der Waals surface area contributed by atoms with Crippen molar-refractivity contribution in [2.24, 2.45) is 0 Å². The minimum absolute atomic E-state index is 0.640. The molecular formula is C15H23N. The van der Waals surface area contributed by atoms with Gasteiger partial charge in [0.15, 0.2) is 0 Å². The van der Waals surface area contributed by atoms with Crippen molar-refractivity contribution in [2.45, 2.75) is 46.6 Å². The number of hydrogen-bond donors (Lipinski definition) is 0. The molecule has 0 aliphatic carbocycles. The Morgan fingerprint density at radius 2 is 2.06 bits per heavy atom. The molecule has 1 aromatic rings. The van der Waals surface area contributed by atoms with Gasteiger partial charge in [0.25, 0.3) is 0 Å². The maximum absolute atomic E-state index is 2.53. The first kappa shape index (κ1) is 11.7. The first-order valence-corrected chi connectivity index (χ1v) is 6.46. The Hall–Kier alpha value is -0.820. The number of hydrogen-bond acceptors (Lipinski definition) is 1. The Morgan fingerprint density at radius 3 is 2.69 bits per heavy atom. The summed E-state index contributed by atoms with van der Waals surface area (Å²) in [6.45, 7) is 12.6. The number of fused-ring (bicyclic) bond motifs is 1. The van der Waals surface area contributed by atoms with Gasteiger partial charge < -0.3 is 0 Å². The number of likely N-dealkylation sites (N-methyl/N-ethyl adjacent to an activating group) is 1. The third-order valence-electron chi connectivity index (χ3n) is 3.77. The Labute approximate surface area is 99.5 Å². The third-order valence-corrected chi connectivity index (χ3v) is 3.77. The van der Waals surface area contributed by atoms with Crippen molar-refractivity contribution in [3.05, 3.63) is 34.4 Å². The Morgan fingerprint density at radius 1 is 1.31 bits per heavy atom. The van der Waals surface area contributed by atoms with Crippen LogP contribution in [0.3, 0.4) is 0 Å². The summed E-state index contributed by atoms with van der Waals surface area (Å²) in [4.78, 5) is 2.53. The molecule has 0 bridgehead atoms. The molecule has 2 rings (SSSR count). The highest BCUT2D eigenvalue weighted by Crippen LogP contribution is 2.27. The van der Waals surface area contributed by atoms with E-state index in [-0.39, 0.29) is 0 Å². The summed E-state index contributed by atoms with van der Waals surface area (Å²) in [6.07, 6.45) is 1.23. The van der Waals surface area contributed by atoms with Crippen LogP contribution in [0.4, 0.5) is 0 Å². The maximum atomic E-state index is 2.53. The van der Waals surface area contributed by atoms with Crippen LogP contribution in [0.15, 0.2) is 12.1 Å². The van der Waals surface area contributed by atoms with Gasteiger partial charge in [-0.1, -0.05) is 32.9 Å². The van der Waals surface area contributed by atoms with Crippen LogP contribution in [-0.4, -0.2) is 18.0 Å². The van der Waals surface area contributed by atoms with Gasteiger partial charge in [0.1, 0.15) is 0 Å². The lowest BCUT2D eigenvalue weighted by molar-refractivity contribution is 0.267. The lowest BCUT2D eigenvalue weighted by Crippen LogP contribution is -2.30. The summed E-state index contributed by atoms with van der Waals surface area (Å²) < 4.78 is 0. The minimum atomic E-state index is 0.640. The topological polar surface area (TPSA) is 3.24 Å².